The second-order valence-corrected chi connectivity index (χ2v) is 3.09. The molecule has 0 bridgehead atoms. The highest BCUT2D eigenvalue weighted by Crippen LogP contribution is 2.20. The van der Waals surface area contributed by atoms with E-state index in [0.717, 1.165) is 17.7 Å². The fourth-order valence-corrected chi connectivity index (χ4v) is 1.33. The Bertz CT molecular complexity index is 321. The average Bonchev–Trinajstić information content (AvgIpc) is 2.16. The maximum absolute atomic E-state index is 10.9. The number of hydrogen-bond acceptors (Lipinski definition) is 2. The molecule has 13 heavy (non-hydrogen) atoms. The minimum Gasteiger partial charge on any atom is -0.496 e. The molecule has 0 unspecified atom stereocenters. The third-order valence-electron chi connectivity index (χ3n) is 1.91. The Balaban J connectivity index is 3.13. The molecule has 0 aliphatic rings. The lowest BCUT2D eigenvalue weighted by Crippen LogP contribution is -1.95. The van der Waals surface area contributed by atoms with Gasteiger partial charge in [0.2, 0.25) is 5.12 Å². The van der Waals surface area contributed by atoms with E-state index in [-0.39, 0.29) is 5.12 Å². The van der Waals surface area contributed by atoms with Gasteiger partial charge in [-0.05, 0) is 30.2 Å². The SMILES string of the molecule is CCc1cc(C(=O)S)ccc1OC. The molecule has 0 aliphatic carbocycles. The summed E-state index contributed by atoms with van der Waals surface area (Å²) in [4.78, 5) is 10.9. The van der Waals surface area contributed by atoms with Crippen LogP contribution in [0.2, 0.25) is 0 Å². The smallest absolute Gasteiger partial charge is 0.216 e. The summed E-state index contributed by atoms with van der Waals surface area (Å²) in [7, 11) is 1.62. The van der Waals surface area contributed by atoms with Crippen molar-refractivity contribution in [3.63, 3.8) is 0 Å². The van der Waals surface area contributed by atoms with Crippen LogP contribution in [0.3, 0.4) is 0 Å². The lowest BCUT2D eigenvalue weighted by molar-refractivity contribution is 0.109. The van der Waals surface area contributed by atoms with Gasteiger partial charge in [0.25, 0.3) is 0 Å². The van der Waals surface area contributed by atoms with E-state index in [9.17, 15) is 4.79 Å². The highest BCUT2D eigenvalue weighted by molar-refractivity contribution is 7.97. The van der Waals surface area contributed by atoms with E-state index in [0.29, 0.717) is 5.56 Å². The molecule has 70 valence electrons. The number of benzene rings is 1. The summed E-state index contributed by atoms with van der Waals surface area (Å²) < 4.78 is 5.13. The molecule has 3 heteroatoms. The molecule has 0 saturated heterocycles. The molecule has 0 aliphatic heterocycles. The van der Waals surface area contributed by atoms with Crippen LogP contribution < -0.4 is 4.74 Å². The fourth-order valence-electron chi connectivity index (χ4n) is 1.19. The van der Waals surface area contributed by atoms with Crippen molar-refractivity contribution in [2.75, 3.05) is 7.11 Å². The monoisotopic (exact) mass is 196 g/mol. The summed E-state index contributed by atoms with van der Waals surface area (Å²) in [6, 6.07) is 5.32. The molecule has 0 N–H and O–H groups in total. The third-order valence-corrected chi connectivity index (χ3v) is 2.17. The summed E-state index contributed by atoms with van der Waals surface area (Å²) in [5.74, 6) is 0.820. The van der Waals surface area contributed by atoms with Crippen LogP contribution in [-0.4, -0.2) is 12.2 Å². The second-order valence-electron chi connectivity index (χ2n) is 2.69. The molecule has 1 rings (SSSR count). The molecule has 0 fully saturated rings. The van der Waals surface area contributed by atoms with Gasteiger partial charge in [-0.15, -0.1) is 12.6 Å². The topological polar surface area (TPSA) is 26.3 Å². The van der Waals surface area contributed by atoms with Crippen LogP contribution in [0.1, 0.15) is 22.8 Å². The molecular formula is C10H12O2S. The van der Waals surface area contributed by atoms with Crippen LogP contribution >= 0.6 is 12.6 Å². The van der Waals surface area contributed by atoms with Gasteiger partial charge in [0.05, 0.1) is 7.11 Å². The number of carbonyl (C=O) groups is 1. The van der Waals surface area contributed by atoms with Crippen molar-refractivity contribution in [1.82, 2.24) is 0 Å². The summed E-state index contributed by atoms with van der Waals surface area (Å²) in [5.41, 5.74) is 1.64. The van der Waals surface area contributed by atoms with E-state index in [1.54, 1.807) is 19.2 Å². The molecule has 0 heterocycles. The van der Waals surface area contributed by atoms with Gasteiger partial charge in [0, 0.05) is 5.56 Å². The van der Waals surface area contributed by atoms with E-state index in [4.69, 9.17) is 4.74 Å². The maximum Gasteiger partial charge on any atom is 0.216 e. The Labute approximate surface area is 83.3 Å². The van der Waals surface area contributed by atoms with E-state index in [1.807, 2.05) is 13.0 Å². The first-order chi connectivity index (χ1) is 6.19. The lowest BCUT2D eigenvalue weighted by atomic mass is 10.1. The van der Waals surface area contributed by atoms with Crippen molar-refractivity contribution in [3.05, 3.63) is 29.3 Å². The first-order valence-electron chi connectivity index (χ1n) is 4.09. The molecular weight excluding hydrogens is 184 g/mol. The maximum atomic E-state index is 10.9. The zero-order chi connectivity index (χ0) is 9.84. The van der Waals surface area contributed by atoms with Gasteiger partial charge in [0.15, 0.2) is 0 Å². The van der Waals surface area contributed by atoms with Crippen molar-refractivity contribution in [2.45, 2.75) is 13.3 Å². The summed E-state index contributed by atoms with van der Waals surface area (Å²) in [6.07, 6.45) is 0.845. The number of methoxy groups -OCH3 is 1. The predicted octanol–water partition coefficient (Wildman–Crippen LogP) is 2.33. The van der Waals surface area contributed by atoms with Crippen molar-refractivity contribution in [1.29, 1.82) is 0 Å². The van der Waals surface area contributed by atoms with Crippen LogP contribution in [0.15, 0.2) is 18.2 Å². The van der Waals surface area contributed by atoms with Crippen molar-refractivity contribution in [2.24, 2.45) is 0 Å². The van der Waals surface area contributed by atoms with E-state index in [2.05, 4.69) is 12.6 Å². The second kappa shape index (κ2) is 4.33. The van der Waals surface area contributed by atoms with Crippen molar-refractivity contribution >= 4 is 17.7 Å². The molecule has 2 nitrogen and oxygen atoms in total. The number of carbonyl (C=O) groups excluding carboxylic acids is 1. The molecule has 0 atom stereocenters. The Hall–Kier alpha value is -0.960. The van der Waals surface area contributed by atoms with Gasteiger partial charge in [-0.2, -0.15) is 0 Å². The largest absolute Gasteiger partial charge is 0.496 e. The zero-order valence-corrected chi connectivity index (χ0v) is 8.60. The van der Waals surface area contributed by atoms with E-state index < -0.39 is 0 Å². The van der Waals surface area contributed by atoms with Crippen LogP contribution in [0.25, 0.3) is 0 Å². The van der Waals surface area contributed by atoms with Gasteiger partial charge >= 0.3 is 0 Å². The van der Waals surface area contributed by atoms with Gasteiger partial charge < -0.3 is 4.74 Å². The Morgan fingerprint density at radius 3 is 2.69 bits per heavy atom. The number of ether oxygens (including phenoxy) is 1. The van der Waals surface area contributed by atoms with Gasteiger partial charge in [-0.3, -0.25) is 4.79 Å². The molecule has 1 aromatic carbocycles. The molecule has 0 amide bonds. The Morgan fingerprint density at radius 1 is 1.54 bits per heavy atom. The van der Waals surface area contributed by atoms with Crippen LogP contribution in [0.4, 0.5) is 0 Å². The zero-order valence-electron chi connectivity index (χ0n) is 7.70. The summed E-state index contributed by atoms with van der Waals surface area (Å²) >= 11 is 3.76. The predicted molar refractivity (Wildman–Crippen MR) is 55.7 cm³/mol. The Morgan fingerprint density at radius 2 is 2.23 bits per heavy atom. The number of thiol groups is 1. The van der Waals surface area contributed by atoms with Crippen molar-refractivity contribution < 1.29 is 9.53 Å². The summed E-state index contributed by atoms with van der Waals surface area (Å²) in [6.45, 7) is 2.02. The van der Waals surface area contributed by atoms with E-state index >= 15 is 0 Å². The molecule has 0 spiro atoms. The normalized spacial score (nSPS) is 9.77. The van der Waals surface area contributed by atoms with Gasteiger partial charge in [-0.25, -0.2) is 0 Å². The van der Waals surface area contributed by atoms with Gasteiger partial charge in [0.1, 0.15) is 5.75 Å². The molecule has 0 aromatic heterocycles. The number of hydrogen-bond donors (Lipinski definition) is 1. The van der Waals surface area contributed by atoms with Crippen LogP contribution in [0.5, 0.6) is 5.75 Å². The highest BCUT2D eigenvalue weighted by Gasteiger charge is 2.05. The number of aryl methyl sites for hydroxylation is 1. The standard InChI is InChI=1S/C10H12O2S/c1-3-7-6-8(10(11)13)4-5-9(7)12-2/h4-6H,3H2,1-2H3,(H,11,13). The van der Waals surface area contributed by atoms with E-state index in [1.165, 1.54) is 0 Å². The van der Waals surface area contributed by atoms with Crippen LogP contribution in [-0.2, 0) is 6.42 Å². The minimum absolute atomic E-state index is 0.211. The quantitative estimate of drug-likeness (QED) is 0.751. The third kappa shape index (κ3) is 2.25. The average molecular weight is 196 g/mol. The first-order valence-corrected chi connectivity index (χ1v) is 4.54. The molecule has 0 radical (unpaired) electrons. The fraction of sp³-hybridized carbons (Fsp3) is 0.300. The molecule has 1 aromatic rings. The highest BCUT2D eigenvalue weighted by atomic mass is 32.1. The van der Waals surface area contributed by atoms with Gasteiger partial charge in [-0.1, -0.05) is 6.92 Å². The molecule has 0 saturated carbocycles. The first kappa shape index (κ1) is 10.1. The Kier molecular flexibility index (Phi) is 3.37. The minimum atomic E-state index is -0.211. The number of rotatable bonds is 3. The summed E-state index contributed by atoms with van der Waals surface area (Å²) in [5, 5.41) is -0.211. The van der Waals surface area contributed by atoms with Crippen molar-refractivity contribution in [3.8, 4) is 5.75 Å². The lowest BCUT2D eigenvalue weighted by Gasteiger charge is -2.06. The van der Waals surface area contributed by atoms with Crippen LogP contribution in [0, 0.1) is 0 Å².